The van der Waals surface area contributed by atoms with Gasteiger partial charge in [-0.25, -0.2) is 4.79 Å². The van der Waals surface area contributed by atoms with Gasteiger partial charge in [0, 0.05) is 49.2 Å². The fourth-order valence-electron chi connectivity index (χ4n) is 5.32. The Bertz CT molecular complexity index is 1250. The third-order valence-corrected chi connectivity index (χ3v) is 6.93. The number of carbonyl (C=O) groups excluding carboxylic acids is 2. The second kappa shape index (κ2) is 9.60. The summed E-state index contributed by atoms with van der Waals surface area (Å²) >= 11 is 0. The van der Waals surface area contributed by atoms with Gasteiger partial charge in [0.1, 0.15) is 5.75 Å². The molecule has 2 aromatic heterocycles. The van der Waals surface area contributed by atoms with Crippen molar-refractivity contribution >= 4 is 17.6 Å². The number of carbonyl (C=O) groups is 2. The quantitative estimate of drug-likeness (QED) is 0.467. The molecule has 2 aliphatic rings. The van der Waals surface area contributed by atoms with Crippen molar-refractivity contribution in [1.29, 1.82) is 0 Å². The molecule has 8 heteroatoms. The molecule has 0 saturated carbocycles. The van der Waals surface area contributed by atoms with E-state index in [1.807, 2.05) is 54.6 Å². The summed E-state index contributed by atoms with van der Waals surface area (Å²) in [6.07, 6.45) is 3.88. The number of ether oxygens (including phenoxy) is 1. The third kappa shape index (κ3) is 4.06. The summed E-state index contributed by atoms with van der Waals surface area (Å²) in [5.74, 6) is 0.937. The molecule has 1 unspecified atom stereocenters. The van der Waals surface area contributed by atoms with Gasteiger partial charge in [0.15, 0.2) is 5.54 Å². The first kappa shape index (κ1) is 23.8. The van der Waals surface area contributed by atoms with E-state index in [9.17, 15) is 9.59 Å². The molecule has 186 valence electrons. The van der Waals surface area contributed by atoms with Gasteiger partial charge >= 0.3 is 6.03 Å². The third-order valence-electron chi connectivity index (χ3n) is 6.93. The van der Waals surface area contributed by atoms with E-state index in [0.717, 1.165) is 29.2 Å². The van der Waals surface area contributed by atoms with Crippen LogP contribution < -0.4 is 9.64 Å². The van der Waals surface area contributed by atoms with Crippen molar-refractivity contribution < 1.29 is 14.3 Å². The summed E-state index contributed by atoms with van der Waals surface area (Å²) in [7, 11) is 1.64. The molecule has 1 spiro atoms. The first-order chi connectivity index (χ1) is 17.4. The molecule has 3 amide bonds. The van der Waals surface area contributed by atoms with Crippen molar-refractivity contribution in [1.82, 2.24) is 19.8 Å². The number of hydrogen-bond acceptors (Lipinski definition) is 6. The molecule has 0 bridgehead atoms. The molecule has 1 atom stereocenters. The van der Waals surface area contributed by atoms with E-state index in [4.69, 9.17) is 4.74 Å². The van der Waals surface area contributed by atoms with Gasteiger partial charge in [0.05, 0.1) is 31.6 Å². The molecule has 2 aliphatic heterocycles. The largest absolute Gasteiger partial charge is 0.497 e. The van der Waals surface area contributed by atoms with Gasteiger partial charge < -0.3 is 9.64 Å². The predicted molar refractivity (Wildman–Crippen MR) is 136 cm³/mol. The second-order valence-electron chi connectivity index (χ2n) is 9.74. The summed E-state index contributed by atoms with van der Waals surface area (Å²) in [5, 5.41) is 0. The van der Waals surface area contributed by atoms with Crippen LogP contribution in [0, 0.1) is 5.92 Å². The minimum Gasteiger partial charge on any atom is -0.497 e. The predicted octanol–water partition coefficient (Wildman–Crippen LogP) is 4.21. The number of pyridine rings is 2. The highest BCUT2D eigenvalue weighted by atomic mass is 16.5. The van der Waals surface area contributed by atoms with Crippen LogP contribution in [-0.2, 0) is 23.4 Å². The molecule has 1 saturated heterocycles. The molecule has 0 aliphatic carbocycles. The molecule has 0 radical (unpaired) electrons. The Balaban J connectivity index is 1.64. The number of anilines is 1. The van der Waals surface area contributed by atoms with Crippen LogP contribution in [-0.4, -0.2) is 51.9 Å². The van der Waals surface area contributed by atoms with Crippen molar-refractivity contribution in [3.05, 3.63) is 83.9 Å². The average molecular weight is 486 g/mol. The first-order valence-electron chi connectivity index (χ1n) is 12.3. The first-order valence-corrected chi connectivity index (χ1v) is 12.3. The van der Waals surface area contributed by atoms with Gasteiger partial charge in [-0.1, -0.05) is 32.0 Å². The van der Waals surface area contributed by atoms with Crippen molar-refractivity contribution in [2.45, 2.75) is 38.9 Å². The molecule has 1 aromatic carbocycles. The van der Waals surface area contributed by atoms with Crippen molar-refractivity contribution in [3.63, 3.8) is 0 Å². The van der Waals surface area contributed by atoms with Gasteiger partial charge in [-0.2, -0.15) is 0 Å². The Labute approximate surface area is 211 Å². The lowest BCUT2D eigenvalue weighted by atomic mass is 9.80. The molecule has 5 rings (SSSR count). The lowest BCUT2D eigenvalue weighted by Gasteiger charge is -2.44. The maximum Gasteiger partial charge on any atom is 0.328 e. The normalized spacial score (nSPS) is 19.4. The minimum atomic E-state index is -1.13. The van der Waals surface area contributed by atoms with Gasteiger partial charge in [-0.05, 0) is 36.2 Å². The van der Waals surface area contributed by atoms with E-state index in [1.165, 1.54) is 4.90 Å². The van der Waals surface area contributed by atoms with E-state index in [0.29, 0.717) is 24.6 Å². The van der Waals surface area contributed by atoms with Gasteiger partial charge in [0.2, 0.25) is 0 Å². The molecular formula is C28H31N5O3. The lowest BCUT2D eigenvalue weighted by Crippen LogP contribution is -2.53. The number of aromatic nitrogens is 2. The van der Waals surface area contributed by atoms with Crippen LogP contribution in [0.4, 0.5) is 10.5 Å². The number of imide groups is 1. The maximum atomic E-state index is 14.3. The molecule has 3 aromatic rings. The number of benzene rings is 1. The van der Waals surface area contributed by atoms with Crippen LogP contribution in [0.25, 0.3) is 0 Å². The fourth-order valence-corrected chi connectivity index (χ4v) is 5.32. The Morgan fingerprint density at radius 1 is 0.972 bits per heavy atom. The van der Waals surface area contributed by atoms with E-state index < -0.39 is 5.54 Å². The van der Waals surface area contributed by atoms with E-state index in [-0.39, 0.29) is 25.0 Å². The summed E-state index contributed by atoms with van der Waals surface area (Å²) in [6, 6.07) is 16.6. The van der Waals surface area contributed by atoms with Crippen molar-refractivity contribution in [3.8, 4) is 5.75 Å². The summed E-state index contributed by atoms with van der Waals surface area (Å²) < 4.78 is 5.53. The molecule has 1 fully saturated rings. The zero-order chi connectivity index (χ0) is 25.3. The molecule has 36 heavy (non-hydrogen) atoms. The monoisotopic (exact) mass is 485 g/mol. The number of urea groups is 1. The number of amides is 3. The highest BCUT2D eigenvalue weighted by Crippen LogP contribution is 2.49. The van der Waals surface area contributed by atoms with E-state index in [1.54, 1.807) is 24.4 Å². The SMILES string of the molecule is COc1ccc2c(c1)N(CC(C)C)CCC21C(=O)N(Cc2ccccn2)C(=O)N1Cc1ccccn1. The Kier molecular flexibility index (Phi) is 6.35. The van der Waals surface area contributed by atoms with Gasteiger partial charge in [-0.3, -0.25) is 24.6 Å². The number of fused-ring (bicyclic) bond motifs is 2. The fraction of sp³-hybridized carbons (Fsp3) is 0.357. The minimum absolute atomic E-state index is 0.125. The van der Waals surface area contributed by atoms with Crippen molar-refractivity contribution in [2.75, 3.05) is 25.1 Å². The number of methoxy groups -OCH3 is 1. The topological polar surface area (TPSA) is 78.9 Å². The Morgan fingerprint density at radius 2 is 1.67 bits per heavy atom. The summed E-state index contributed by atoms with van der Waals surface area (Å²) in [4.78, 5) is 42.4. The van der Waals surface area contributed by atoms with Crippen LogP contribution in [0.5, 0.6) is 5.75 Å². The Hall–Kier alpha value is -3.94. The van der Waals surface area contributed by atoms with E-state index >= 15 is 0 Å². The van der Waals surface area contributed by atoms with E-state index in [2.05, 4.69) is 28.7 Å². The average Bonchev–Trinajstić information content (AvgIpc) is 3.08. The zero-order valence-corrected chi connectivity index (χ0v) is 20.9. The van der Waals surface area contributed by atoms with Crippen LogP contribution in [0.2, 0.25) is 0 Å². The number of hydrogen-bond donors (Lipinski definition) is 0. The highest BCUT2D eigenvalue weighted by Gasteiger charge is 2.60. The smallest absolute Gasteiger partial charge is 0.328 e. The molecule has 0 N–H and O–H groups in total. The van der Waals surface area contributed by atoms with Crippen LogP contribution in [0.15, 0.2) is 67.0 Å². The Morgan fingerprint density at radius 3 is 2.28 bits per heavy atom. The number of rotatable bonds is 7. The second-order valence-corrected chi connectivity index (χ2v) is 9.74. The van der Waals surface area contributed by atoms with Crippen LogP contribution in [0.1, 0.15) is 37.2 Å². The van der Waals surface area contributed by atoms with Gasteiger partial charge in [0.25, 0.3) is 5.91 Å². The molecular weight excluding hydrogens is 454 g/mol. The maximum absolute atomic E-state index is 14.3. The molecule has 4 heterocycles. The molecule has 8 nitrogen and oxygen atoms in total. The van der Waals surface area contributed by atoms with Crippen molar-refractivity contribution in [2.24, 2.45) is 5.92 Å². The zero-order valence-electron chi connectivity index (χ0n) is 20.9. The van der Waals surface area contributed by atoms with Crippen LogP contribution >= 0.6 is 0 Å². The summed E-state index contributed by atoms with van der Waals surface area (Å²) in [5.41, 5.74) is 2.03. The number of nitrogens with zero attached hydrogens (tertiary/aromatic N) is 5. The van der Waals surface area contributed by atoms with Crippen LogP contribution in [0.3, 0.4) is 0 Å². The highest BCUT2D eigenvalue weighted by molar-refractivity contribution is 6.08. The standard InChI is InChI=1S/C28H31N5O3/c1-20(2)17-31-15-12-28(24-11-10-23(36-3)16-25(24)31)26(34)32(18-21-8-4-6-13-29-21)27(35)33(28)19-22-9-5-7-14-30-22/h4-11,13-14,16,20H,12,15,17-19H2,1-3H3. The summed E-state index contributed by atoms with van der Waals surface area (Å²) in [6.45, 7) is 6.20. The lowest BCUT2D eigenvalue weighted by molar-refractivity contribution is -0.134. The van der Waals surface area contributed by atoms with Gasteiger partial charge in [-0.15, -0.1) is 0 Å².